The molecule has 4 heterocycles. The Kier molecular flexibility index (Phi) is 5.69. The maximum Gasteiger partial charge on any atom is 0.338 e. The van der Waals surface area contributed by atoms with E-state index in [0.717, 1.165) is 10.5 Å². The third-order valence-corrected chi connectivity index (χ3v) is 5.26. The topological polar surface area (TPSA) is 129 Å². The second-order valence-electron chi connectivity index (χ2n) is 7.53. The molecule has 0 saturated heterocycles. The van der Waals surface area contributed by atoms with E-state index in [4.69, 9.17) is 13.7 Å². The third kappa shape index (κ3) is 4.20. The zero-order valence-electron chi connectivity index (χ0n) is 17.8. The van der Waals surface area contributed by atoms with Gasteiger partial charge in [-0.2, -0.15) is 4.98 Å². The number of hydrogen-bond acceptors (Lipinski definition) is 9. The highest BCUT2D eigenvalue weighted by Crippen LogP contribution is 2.26. The van der Waals surface area contributed by atoms with Crippen LogP contribution in [0.4, 0.5) is 0 Å². The van der Waals surface area contributed by atoms with Crippen LogP contribution in [-0.4, -0.2) is 44.4 Å². The summed E-state index contributed by atoms with van der Waals surface area (Å²) in [4.78, 5) is 47.2. The largest absolute Gasteiger partial charge is 0.467 e. The zero-order valence-corrected chi connectivity index (χ0v) is 17.8. The second-order valence-corrected chi connectivity index (χ2v) is 7.53. The molecular formula is C24H18N4O6. The van der Waals surface area contributed by atoms with Crippen molar-refractivity contribution in [3.05, 3.63) is 89.5 Å². The van der Waals surface area contributed by atoms with Crippen molar-refractivity contribution in [3.63, 3.8) is 0 Å². The second kappa shape index (κ2) is 9.10. The monoisotopic (exact) mass is 458 g/mol. The fourth-order valence-electron chi connectivity index (χ4n) is 3.56. The molecule has 0 radical (unpaired) electrons. The van der Waals surface area contributed by atoms with Gasteiger partial charge in [-0.15, -0.1) is 0 Å². The van der Waals surface area contributed by atoms with E-state index in [0.29, 0.717) is 30.3 Å². The maximum absolute atomic E-state index is 12.7. The number of nitrogens with zero attached hydrogens (tertiary/aromatic N) is 4. The number of carbonyl (C=O) groups is 3. The van der Waals surface area contributed by atoms with Crippen LogP contribution >= 0.6 is 0 Å². The van der Waals surface area contributed by atoms with Gasteiger partial charge in [0.05, 0.1) is 36.1 Å². The molecule has 0 saturated carbocycles. The molecule has 0 aliphatic carbocycles. The predicted molar refractivity (Wildman–Crippen MR) is 115 cm³/mol. The number of benzene rings is 1. The van der Waals surface area contributed by atoms with Crippen LogP contribution in [0, 0.1) is 0 Å². The molecule has 34 heavy (non-hydrogen) atoms. The third-order valence-electron chi connectivity index (χ3n) is 5.26. The Morgan fingerprint density at radius 2 is 1.94 bits per heavy atom. The Morgan fingerprint density at radius 3 is 2.74 bits per heavy atom. The van der Waals surface area contributed by atoms with Crippen molar-refractivity contribution in [3.8, 4) is 11.4 Å². The maximum atomic E-state index is 12.7. The minimum Gasteiger partial charge on any atom is -0.467 e. The summed E-state index contributed by atoms with van der Waals surface area (Å²) in [6.45, 7) is 0.148. The van der Waals surface area contributed by atoms with Crippen molar-refractivity contribution in [2.24, 2.45) is 0 Å². The van der Waals surface area contributed by atoms with Gasteiger partial charge in [-0.25, -0.2) is 4.79 Å². The summed E-state index contributed by atoms with van der Waals surface area (Å²) in [5.41, 5.74) is 1.35. The number of esters is 1. The Hall–Kier alpha value is -4.60. The molecule has 1 aliphatic heterocycles. The Labute approximate surface area is 193 Å². The van der Waals surface area contributed by atoms with E-state index in [1.165, 1.54) is 24.5 Å². The van der Waals surface area contributed by atoms with Crippen LogP contribution in [0.15, 0.2) is 70.1 Å². The number of imide groups is 1. The Balaban J connectivity index is 1.16. The molecule has 2 amide bonds. The summed E-state index contributed by atoms with van der Waals surface area (Å²) in [6, 6.07) is 11.3. The van der Waals surface area contributed by atoms with Gasteiger partial charge in [0, 0.05) is 24.4 Å². The summed E-state index contributed by atoms with van der Waals surface area (Å²) >= 11 is 0. The van der Waals surface area contributed by atoms with Gasteiger partial charge >= 0.3 is 5.97 Å². The molecule has 0 unspecified atom stereocenters. The van der Waals surface area contributed by atoms with Gasteiger partial charge in [0.15, 0.2) is 0 Å². The first-order valence-corrected chi connectivity index (χ1v) is 10.5. The van der Waals surface area contributed by atoms with Crippen molar-refractivity contribution >= 4 is 17.8 Å². The van der Waals surface area contributed by atoms with E-state index in [2.05, 4.69) is 15.1 Å². The number of furan rings is 1. The molecule has 1 aliphatic rings. The van der Waals surface area contributed by atoms with Crippen molar-refractivity contribution in [1.82, 2.24) is 20.0 Å². The van der Waals surface area contributed by atoms with Crippen molar-refractivity contribution < 1.29 is 28.1 Å². The molecule has 0 atom stereocenters. The van der Waals surface area contributed by atoms with Gasteiger partial charge in [0.1, 0.15) is 5.76 Å². The molecule has 3 aromatic heterocycles. The summed E-state index contributed by atoms with van der Waals surface area (Å²) in [7, 11) is 0. The van der Waals surface area contributed by atoms with Crippen LogP contribution in [-0.2, 0) is 17.7 Å². The number of carbonyl (C=O) groups excluding carboxylic acids is 3. The summed E-state index contributed by atoms with van der Waals surface area (Å²) in [6.07, 6.45) is 5.67. The zero-order chi connectivity index (χ0) is 23.5. The molecule has 0 fully saturated rings. The van der Waals surface area contributed by atoms with Gasteiger partial charge in [-0.05, 0) is 48.9 Å². The summed E-state index contributed by atoms with van der Waals surface area (Å²) in [5, 5.41) is 3.92. The first kappa shape index (κ1) is 21.3. The van der Waals surface area contributed by atoms with Crippen molar-refractivity contribution in [2.75, 3.05) is 6.61 Å². The van der Waals surface area contributed by atoms with Gasteiger partial charge < -0.3 is 13.7 Å². The van der Waals surface area contributed by atoms with Crippen LogP contribution in [0.5, 0.6) is 0 Å². The highest BCUT2D eigenvalue weighted by molar-refractivity contribution is 6.21. The lowest BCUT2D eigenvalue weighted by atomic mass is 10.1. The lowest BCUT2D eigenvalue weighted by molar-refractivity contribution is 0.0498. The average Bonchev–Trinajstić information content (AvgIpc) is 3.61. The average molecular weight is 458 g/mol. The number of rotatable bonds is 8. The van der Waals surface area contributed by atoms with Gasteiger partial charge in [-0.1, -0.05) is 5.16 Å². The van der Waals surface area contributed by atoms with E-state index < -0.39 is 17.8 Å². The fourth-order valence-corrected chi connectivity index (χ4v) is 3.56. The van der Waals surface area contributed by atoms with E-state index >= 15 is 0 Å². The van der Waals surface area contributed by atoms with Crippen LogP contribution in [0.3, 0.4) is 0 Å². The van der Waals surface area contributed by atoms with Crippen LogP contribution < -0.4 is 0 Å². The summed E-state index contributed by atoms with van der Waals surface area (Å²) < 4.78 is 15.8. The molecule has 170 valence electrons. The first-order valence-electron chi connectivity index (χ1n) is 10.5. The highest BCUT2D eigenvalue weighted by atomic mass is 16.5. The van der Waals surface area contributed by atoms with Gasteiger partial charge in [0.25, 0.3) is 11.8 Å². The molecule has 4 aromatic rings. The smallest absolute Gasteiger partial charge is 0.338 e. The highest BCUT2D eigenvalue weighted by Gasteiger charge is 2.36. The van der Waals surface area contributed by atoms with E-state index in [1.807, 2.05) is 6.07 Å². The number of fused-ring (bicyclic) bond motifs is 1. The van der Waals surface area contributed by atoms with Crippen LogP contribution in [0.25, 0.3) is 11.4 Å². The fraction of sp³-hybridized carbons (Fsp3) is 0.167. The molecular weight excluding hydrogens is 440 g/mol. The van der Waals surface area contributed by atoms with Crippen molar-refractivity contribution in [2.45, 2.75) is 19.4 Å². The minimum atomic E-state index is -0.589. The quantitative estimate of drug-likeness (QED) is 0.222. The van der Waals surface area contributed by atoms with Crippen molar-refractivity contribution in [1.29, 1.82) is 0 Å². The Bertz CT molecular complexity index is 1350. The molecule has 1 aromatic carbocycles. The SMILES string of the molecule is O=C(OCCCc1nc(-c2cccnc2)no1)c1ccc2c(c1)C(=O)N(Cc1ccco1)C2=O. The van der Waals surface area contributed by atoms with Gasteiger partial charge in [0.2, 0.25) is 11.7 Å². The number of pyridine rings is 1. The van der Waals surface area contributed by atoms with Crippen LogP contribution in [0.1, 0.15) is 49.1 Å². The number of hydrogen-bond donors (Lipinski definition) is 0. The van der Waals surface area contributed by atoms with E-state index in [1.54, 1.807) is 30.6 Å². The minimum absolute atomic E-state index is 0.0251. The lowest BCUT2D eigenvalue weighted by Crippen LogP contribution is -2.28. The molecule has 10 heteroatoms. The molecule has 0 N–H and O–H groups in total. The number of aryl methyl sites for hydroxylation is 1. The lowest BCUT2D eigenvalue weighted by Gasteiger charge is -2.11. The van der Waals surface area contributed by atoms with Gasteiger partial charge in [-0.3, -0.25) is 19.5 Å². The van der Waals surface area contributed by atoms with E-state index in [-0.39, 0.29) is 29.8 Å². The molecule has 5 rings (SSSR count). The molecule has 10 nitrogen and oxygen atoms in total. The Morgan fingerprint density at radius 1 is 1.06 bits per heavy atom. The summed E-state index contributed by atoms with van der Waals surface area (Å²) in [5.74, 6) is -0.142. The van der Waals surface area contributed by atoms with E-state index in [9.17, 15) is 14.4 Å². The standard InChI is InChI=1S/C24H18N4O6/c29-22-18-8-7-15(12-19(18)23(30)28(22)14-17-5-2-10-32-17)24(31)33-11-3-6-20-26-21(27-34-20)16-4-1-9-25-13-16/h1-2,4-5,7-10,12-13H,3,6,11,14H2. The normalized spacial score (nSPS) is 12.8. The number of ether oxygens (including phenoxy) is 1. The molecule has 0 bridgehead atoms. The number of aromatic nitrogens is 3. The van der Waals surface area contributed by atoms with Crippen LogP contribution in [0.2, 0.25) is 0 Å². The number of amides is 2. The molecule has 0 spiro atoms. The first-order chi connectivity index (χ1) is 16.6. The predicted octanol–water partition coefficient (Wildman–Crippen LogP) is 3.31.